The fourth-order valence-electron chi connectivity index (χ4n) is 3.45. The molecule has 2 N–H and O–H groups in total. The van der Waals surface area contributed by atoms with Crippen molar-refractivity contribution in [1.29, 1.82) is 0 Å². The summed E-state index contributed by atoms with van der Waals surface area (Å²) < 4.78 is 5.77. The Morgan fingerprint density at radius 2 is 2.03 bits per heavy atom. The summed E-state index contributed by atoms with van der Waals surface area (Å²) in [5, 5.41) is 6.96. The number of halogens is 1. The van der Waals surface area contributed by atoms with Crippen LogP contribution >= 0.6 is 24.0 Å². The van der Waals surface area contributed by atoms with Crippen LogP contribution in [-0.2, 0) is 6.54 Å². The Morgan fingerprint density at radius 3 is 2.79 bits per heavy atom. The lowest BCUT2D eigenvalue weighted by Crippen LogP contribution is -2.44. The number of aromatic nitrogens is 1. The van der Waals surface area contributed by atoms with Gasteiger partial charge in [-0.15, -0.1) is 24.0 Å². The van der Waals surface area contributed by atoms with Crippen LogP contribution in [-0.4, -0.2) is 43.7 Å². The zero-order valence-electron chi connectivity index (χ0n) is 16.9. The van der Waals surface area contributed by atoms with Gasteiger partial charge in [-0.3, -0.25) is 4.99 Å². The first-order valence-corrected chi connectivity index (χ1v) is 10.1. The van der Waals surface area contributed by atoms with Gasteiger partial charge in [-0.1, -0.05) is 18.2 Å². The van der Waals surface area contributed by atoms with Gasteiger partial charge in [0, 0.05) is 50.7 Å². The second kappa shape index (κ2) is 10.7. The molecule has 1 aliphatic heterocycles. The number of nitrogens with one attached hydrogen (secondary N) is 2. The number of aliphatic imine (C=N–C) groups is 1. The van der Waals surface area contributed by atoms with E-state index in [0.29, 0.717) is 18.5 Å². The van der Waals surface area contributed by atoms with Crippen molar-refractivity contribution < 1.29 is 4.74 Å². The molecule has 2 aliphatic rings. The minimum atomic E-state index is 0. The van der Waals surface area contributed by atoms with Crippen LogP contribution in [0.5, 0.6) is 5.88 Å². The topological polar surface area (TPSA) is 61.8 Å². The van der Waals surface area contributed by atoms with E-state index in [-0.39, 0.29) is 24.0 Å². The molecule has 1 atom stereocenters. The highest BCUT2D eigenvalue weighted by Crippen LogP contribution is 2.29. The van der Waals surface area contributed by atoms with Gasteiger partial charge in [0.2, 0.25) is 5.88 Å². The number of nitrogens with zero attached hydrogens (tertiary/aromatic N) is 3. The standard InChI is InChI=1S/C22H29N5O.HI/c1-23-22(26-19-10-12-27(15-19)20-5-3-2-4-6-20)25-14-18-9-11-24-21(13-18)28-16-17-7-8-17;/h2-6,9,11,13,17,19H,7-8,10,12,14-16H2,1H3,(H2,23,25,26);1H. The van der Waals surface area contributed by atoms with E-state index in [0.717, 1.165) is 43.6 Å². The summed E-state index contributed by atoms with van der Waals surface area (Å²) in [5.41, 5.74) is 2.42. The van der Waals surface area contributed by atoms with E-state index in [1.807, 2.05) is 25.4 Å². The van der Waals surface area contributed by atoms with Crippen LogP contribution in [0.25, 0.3) is 0 Å². The third kappa shape index (κ3) is 6.48. The Bertz CT molecular complexity index is 797. The Labute approximate surface area is 190 Å². The molecule has 2 aromatic rings. The Balaban J connectivity index is 0.00000240. The van der Waals surface area contributed by atoms with Crippen LogP contribution in [0.2, 0.25) is 0 Å². The number of anilines is 1. The van der Waals surface area contributed by atoms with E-state index in [1.54, 1.807) is 0 Å². The minimum absolute atomic E-state index is 0. The first-order valence-electron chi connectivity index (χ1n) is 10.1. The van der Waals surface area contributed by atoms with Crippen molar-refractivity contribution in [2.24, 2.45) is 10.9 Å². The van der Waals surface area contributed by atoms with E-state index in [1.165, 1.54) is 18.5 Å². The van der Waals surface area contributed by atoms with Crippen LogP contribution in [0.3, 0.4) is 0 Å². The summed E-state index contributed by atoms with van der Waals surface area (Å²) in [6.07, 6.45) is 5.48. The average Bonchev–Trinajstić information content (AvgIpc) is 3.46. The summed E-state index contributed by atoms with van der Waals surface area (Å²) >= 11 is 0. The van der Waals surface area contributed by atoms with E-state index in [9.17, 15) is 0 Å². The molecule has 4 rings (SSSR count). The third-order valence-corrected chi connectivity index (χ3v) is 5.30. The molecule has 0 amide bonds. The molecule has 1 saturated carbocycles. The van der Waals surface area contributed by atoms with Crippen LogP contribution in [0.1, 0.15) is 24.8 Å². The van der Waals surface area contributed by atoms with Crippen molar-refractivity contribution >= 4 is 35.6 Å². The molecule has 156 valence electrons. The van der Waals surface area contributed by atoms with Gasteiger partial charge in [-0.05, 0) is 48.9 Å². The predicted octanol–water partition coefficient (Wildman–Crippen LogP) is 3.43. The van der Waals surface area contributed by atoms with Gasteiger partial charge < -0.3 is 20.3 Å². The smallest absolute Gasteiger partial charge is 0.213 e. The largest absolute Gasteiger partial charge is 0.477 e. The Hall–Kier alpha value is -2.03. The summed E-state index contributed by atoms with van der Waals surface area (Å²) in [5.74, 6) is 2.27. The molecule has 1 aliphatic carbocycles. The molecule has 29 heavy (non-hydrogen) atoms. The van der Waals surface area contributed by atoms with Crippen LogP contribution in [0, 0.1) is 5.92 Å². The summed E-state index contributed by atoms with van der Waals surface area (Å²) in [6, 6.07) is 15.0. The van der Waals surface area contributed by atoms with Crippen molar-refractivity contribution in [3.05, 3.63) is 54.2 Å². The number of pyridine rings is 1. The number of benzene rings is 1. The lowest BCUT2D eigenvalue weighted by Gasteiger charge is -2.20. The van der Waals surface area contributed by atoms with Crippen molar-refractivity contribution in [2.75, 3.05) is 31.6 Å². The summed E-state index contributed by atoms with van der Waals surface area (Å²) in [6.45, 7) is 3.52. The molecular weight excluding hydrogens is 477 g/mol. The highest BCUT2D eigenvalue weighted by atomic mass is 127. The molecule has 0 spiro atoms. The zero-order chi connectivity index (χ0) is 19.2. The SMILES string of the molecule is CN=C(NCc1ccnc(OCC2CC2)c1)NC1CCN(c2ccccc2)C1.I. The molecular formula is C22H30IN5O. The van der Waals surface area contributed by atoms with Gasteiger partial charge in [-0.2, -0.15) is 0 Å². The highest BCUT2D eigenvalue weighted by molar-refractivity contribution is 14.0. The van der Waals surface area contributed by atoms with Gasteiger partial charge >= 0.3 is 0 Å². The van der Waals surface area contributed by atoms with Crippen molar-refractivity contribution in [1.82, 2.24) is 15.6 Å². The van der Waals surface area contributed by atoms with E-state index >= 15 is 0 Å². The Morgan fingerprint density at radius 1 is 1.21 bits per heavy atom. The van der Waals surface area contributed by atoms with E-state index in [2.05, 4.69) is 55.8 Å². The molecule has 0 bridgehead atoms. The van der Waals surface area contributed by atoms with Crippen LogP contribution in [0.15, 0.2) is 53.7 Å². The van der Waals surface area contributed by atoms with Crippen LogP contribution < -0.4 is 20.3 Å². The van der Waals surface area contributed by atoms with Crippen molar-refractivity contribution in [3.8, 4) is 5.88 Å². The van der Waals surface area contributed by atoms with Gasteiger partial charge in [0.25, 0.3) is 0 Å². The van der Waals surface area contributed by atoms with Crippen LogP contribution in [0.4, 0.5) is 5.69 Å². The third-order valence-electron chi connectivity index (χ3n) is 5.30. The fourth-order valence-corrected chi connectivity index (χ4v) is 3.45. The predicted molar refractivity (Wildman–Crippen MR) is 128 cm³/mol. The highest BCUT2D eigenvalue weighted by Gasteiger charge is 2.23. The quantitative estimate of drug-likeness (QED) is 0.342. The first kappa shape index (κ1) is 21.7. The lowest BCUT2D eigenvalue weighted by atomic mass is 10.2. The van der Waals surface area contributed by atoms with Crippen molar-refractivity contribution in [3.63, 3.8) is 0 Å². The normalized spacial score (nSPS) is 18.9. The summed E-state index contributed by atoms with van der Waals surface area (Å²) in [7, 11) is 1.82. The fraction of sp³-hybridized carbons (Fsp3) is 0.455. The average molecular weight is 507 g/mol. The maximum Gasteiger partial charge on any atom is 0.213 e. The van der Waals surface area contributed by atoms with Gasteiger partial charge in [0.05, 0.1) is 6.61 Å². The minimum Gasteiger partial charge on any atom is -0.477 e. The first-order chi connectivity index (χ1) is 13.8. The molecule has 2 heterocycles. The molecule has 2 fully saturated rings. The number of hydrogen-bond donors (Lipinski definition) is 2. The number of para-hydroxylation sites is 1. The van der Waals surface area contributed by atoms with Gasteiger partial charge in [0.15, 0.2) is 5.96 Å². The molecule has 1 aromatic heterocycles. The lowest BCUT2D eigenvalue weighted by molar-refractivity contribution is 0.288. The monoisotopic (exact) mass is 507 g/mol. The maximum atomic E-state index is 5.77. The number of rotatable bonds is 7. The Kier molecular flexibility index (Phi) is 7.97. The molecule has 1 aromatic carbocycles. The van der Waals surface area contributed by atoms with Gasteiger partial charge in [0.1, 0.15) is 0 Å². The number of hydrogen-bond acceptors (Lipinski definition) is 4. The molecule has 6 nitrogen and oxygen atoms in total. The molecule has 1 saturated heterocycles. The molecule has 1 unspecified atom stereocenters. The second-order valence-electron chi connectivity index (χ2n) is 7.59. The number of ether oxygens (including phenoxy) is 1. The zero-order valence-corrected chi connectivity index (χ0v) is 19.2. The second-order valence-corrected chi connectivity index (χ2v) is 7.59. The van der Waals surface area contributed by atoms with E-state index in [4.69, 9.17) is 4.74 Å². The molecule has 7 heteroatoms. The molecule has 0 radical (unpaired) electrons. The van der Waals surface area contributed by atoms with Gasteiger partial charge in [-0.25, -0.2) is 4.98 Å². The van der Waals surface area contributed by atoms with E-state index < -0.39 is 0 Å². The van der Waals surface area contributed by atoms with Crippen molar-refractivity contribution in [2.45, 2.75) is 31.8 Å². The number of guanidine groups is 1. The summed E-state index contributed by atoms with van der Waals surface area (Å²) in [4.78, 5) is 11.1. The maximum absolute atomic E-state index is 5.77.